The number of nitrogens with zero attached hydrogens (tertiary/aromatic N) is 3. The number of nitrogens with one attached hydrogen (secondary N) is 1. The van der Waals surface area contributed by atoms with Crippen molar-refractivity contribution >= 4 is 11.7 Å². The zero-order valence-corrected chi connectivity index (χ0v) is 17.2. The second-order valence-electron chi connectivity index (χ2n) is 7.91. The van der Waals surface area contributed by atoms with Crippen LogP contribution in [-0.4, -0.2) is 29.0 Å². The Labute approximate surface area is 168 Å². The monoisotopic (exact) mass is 378 g/mol. The summed E-state index contributed by atoms with van der Waals surface area (Å²) in [4.78, 5) is 14.8. The number of likely N-dealkylation sites (N-methyl/N-ethyl adjacent to an activating group) is 1. The molecule has 2 aromatic rings. The molecule has 0 radical (unpaired) electrons. The van der Waals surface area contributed by atoms with Gasteiger partial charge in [0.1, 0.15) is 11.9 Å². The quantitative estimate of drug-likeness (QED) is 0.802. The molecule has 1 amide bonds. The summed E-state index contributed by atoms with van der Waals surface area (Å²) in [5.74, 6) is 0.604. The van der Waals surface area contributed by atoms with Crippen LogP contribution in [0.3, 0.4) is 0 Å². The Morgan fingerprint density at radius 1 is 1.21 bits per heavy atom. The van der Waals surface area contributed by atoms with E-state index in [-0.39, 0.29) is 12.5 Å². The molecule has 1 saturated carbocycles. The first kappa shape index (κ1) is 20.2. The molecule has 28 heavy (non-hydrogen) atoms. The predicted octanol–water partition coefficient (Wildman–Crippen LogP) is 4.55. The first-order chi connectivity index (χ1) is 13.5. The largest absolute Gasteiger partial charge is 0.327 e. The van der Waals surface area contributed by atoms with Gasteiger partial charge in [0.05, 0.1) is 12.1 Å². The molecule has 0 atom stereocenters. The fourth-order valence-electron chi connectivity index (χ4n) is 4.25. The minimum Gasteiger partial charge on any atom is -0.327 e. The first-order valence-corrected chi connectivity index (χ1v) is 10.1. The predicted molar refractivity (Wildman–Crippen MR) is 112 cm³/mol. The van der Waals surface area contributed by atoms with Crippen LogP contribution in [0.4, 0.5) is 5.82 Å². The number of aromatic nitrogens is 1. The minimum absolute atomic E-state index is 0.0792. The molecule has 1 aliphatic carbocycles. The van der Waals surface area contributed by atoms with Crippen molar-refractivity contribution in [1.29, 1.82) is 5.26 Å². The van der Waals surface area contributed by atoms with Gasteiger partial charge in [-0.15, -0.1) is 0 Å². The van der Waals surface area contributed by atoms with Gasteiger partial charge >= 0.3 is 0 Å². The van der Waals surface area contributed by atoms with Gasteiger partial charge in [0, 0.05) is 18.3 Å². The molecule has 0 bridgehead atoms. The van der Waals surface area contributed by atoms with Crippen LogP contribution in [0.5, 0.6) is 0 Å². The third-order valence-corrected chi connectivity index (χ3v) is 5.78. The Hall–Kier alpha value is -2.58. The van der Waals surface area contributed by atoms with Crippen LogP contribution in [-0.2, 0) is 11.3 Å². The van der Waals surface area contributed by atoms with E-state index in [1.807, 2.05) is 37.1 Å². The van der Waals surface area contributed by atoms with Gasteiger partial charge in [0.15, 0.2) is 0 Å². The molecular weight excluding hydrogens is 348 g/mol. The van der Waals surface area contributed by atoms with Crippen molar-refractivity contribution in [3.63, 3.8) is 0 Å². The Balaban J connectivity index is 1.76. The second-order valence-corrected chi connectivity index (χ2v) is 7.91. The summed E-state index contributed by atoms with van der Waals surface area (Å²) < 4.78 is 2.21. The van der Waals surface area contributed by atoms with Crippen LogP contribution < -0.4 is 5.32 Å². The van der Waals surface area contributed by atoms with Crippen molar-refractivity contribution in [3.05, 3.63) is 52.7 Å². The van der Waals surface area contributed by atoms with Crippen molar-refractivity contribution < 1.29 is 4.79 Å². The van der Waals surface area contributed by atoms with Gasteiger partial charge in [0.2, 0.25) is 5.91 Å². The number of carbonyl (C=O) groups excluding carboxylic acids is 1. The maximum Gasteiger partial charge on any atom is 0.239 e. The third kappa shape index (κ3) is 4.45. The summed E-state index contributed by atoms with van der Waals surface area (Å²) in [6.07, 6.45) is 5.90. The van der Waals surface area contributed by atoms with Gasteiger partial charge in [-0.1, -0.05) is 49.6 Å². The zero-order valence-electron chi connectivity index (χ0n) is 17.2. The molecule has 148 valence electrons. The lowest BCUT2D eigenvalue weighted by atomic mass is 9.95. The molecule has 1 heterocycles. The Kier molecular flexibility index (Phi) is 6.53. The summed E-state index contributed by atoms with van der Waals surface area (Å²) >= 11 is 0. The SMILES string of the molecule is Cc1c(C#N)c(NC(=O)CN(C)Cc2ccccc2)n(C2CCCCC2)c1C. The van der Waals surface area contributed by atoms with Crippen molar-refractivity contribution in [1.82, 2.24) is 9.47 Å². The number of amides is 1. The van der Waals surface area contributed by atoms with Gasteiger partial charge < -0.3 is 9.88 Å². The van der Waals surface area contributed by atoms with Crippen molar-refractivity contribution in [3.8, 4) is 6.07 Å². The lowest BCUT2D eigenvalue weighted by Crippen LogP contribution is -2.31. The highest BCUT2D eigenvalue weighted by atomic mass is 16.2. The number of hydrogen-bond donors (Lipinski definition) is 1. The number of hydrogen-bond acceptors (Lipinski definition) is 3. The van der Waals surface area contributed by atoms with Crippen LogP contribution in [0.2, 0.25) is 0 Å². The molecule has 5 heteroatoms. The van der Waals surface area contributed by atoms with Gasteiger partial charge in [0.25, 0.3) is 0 Å². The highest BCUT2D eigenvalue weighted by Gasteiger charge is 2.26. The molecule has 3 rings (SSSR count). The number of carbonyl (C=O) groups is 1. The van der Waals surface area contributed by atoms with Gasteiger partial charge in [-0.05, 0) is 44.9 Å². The summed E-state index contributed by atoms with van der Waals surface area (Å²) in [7, 11) is 1.94. The maximum atomic E-state index is 12.8. The van der Waals surface area contributed by atoms with Gasteiger partial charge in [-0.3, -0.25) is 9.69 Å². The first-order valence-electron chi connectivity index (χ1n) is 10.1. The van der Waals surface area contributed by atoms with E-state index in [2.05, 4.69) is 35.0 Å². The average molecular weight is 379 g/mol. The van der Waals surface area contributed by atoms with Crippen LogP contribution in [0.25, 0.3) is 0 Å². The molecule has 1 aromatic heterocycles. The number of anilines is 1. The molecular formula is C23H30N4O. The fourth-order valence-corrected chi connectivity index (χ4v) is 4.25. The normalized spacial score (nSPS) is 14.8. The molecule has 0 spiro atoms. The minimum atomic E-state index is -0.0792. The molecule has 1 N–H and O–H groups in total. The van der Waals surface area contributed by atoms with E-state index in [0.29, 0.717) is 24.0 Å². The van der Waals surface area contributed by atoms with E-state index in [4.69, 9.17) is 0 Å². The van der Waals surface area contributed by atoms with Crippen LogP contribution in [0.1, 0.15) is 60.5 Å². The standard InChI is InChI=1S/C23H30N4O/c1-17-18(2)27(20-12-8-5-9-13-20)23(21(17)14-24)25-22(28)16-26(3)15-19-10-6-4-7-11-19/h4,6-7,10-11,20H,5,8-9,12-13,15-16H2,1-3H3,(H,25,28). The highest BCUT2D eigenvalue weighted by Crippen LogP contribution is 2.36. The van der Waals surface area contributed by atoms with E-state index >= 15 is 0 Å². The average Bonchev–Trinajstić information content (AvgIpc) is 2.92. The fraction of sp³-hybridized carbons (Fsp3) is 0.478. The molecule has 0 aliphatic heterocycles. The molecule has 0 unspecified atom stereocenters. The third-order valence-electron chi connectivity index (χ3n) is 5.78. The van der Waals surface area contributed by atoms with E-state index < -0.39 is 0 Å². The highest BCUT2D eigenvalue weighted by molar-refractivity contribution is 5.93. The molecule has 1 aromatic carbocycles. The van der Waals surface area contributed by atoms with Gasteiger partial charge in [-0.25, -0.2) is 0 Å². The summed E-state index contributed by atoms with van der Waals surface area (Å²) in [5, 5.41) is 12.8. The Bertz CT molecular complexity index is 857. The lowest BCUT2D eigenvalue weighted by Gasteiger charge is -2.27. The van der Waals surface area contributed by atoms with Crippen molar-refractivity contribution in [2.24, 2.45) is 0 Å². The molecule has 0 saturated heterocycles. The summed E-state index contributed by atoms with van der Waals surface area (Å²) in [5.41, 5.74) is 3.84. The van der Waals surface area contributed by atoms with E-state index in [1.54, 1.807) is 0 Å². The summed E-state index contributed by atoms with van der Waals surface area (Å²) in [6.45, 7) is 5.03. The topological polar surface area (TPSA) is 61.1 Å². The van der Waals surface area contributed by atoms with Crippen molar-refractivity contribution in [2.45, 2.75) is 58.5 Å². The van der Waals surface area contributed by atoms with Gasteiger partial charge in [-0.2, -0.15) is 5.26 Å². The molecule has 1 fully saturated rings. The Morgan fingerprint density at radius 3 is 2.54 bits per heavy atom. The number of rotatable bonds is 6. The smallest absolute Gasteiger partial charge is 0.239 e. The zero-order chi connectivity index (χ0) is 20.1. The van der Waals surface area contributed by atoms with E-state index in [1.165, 1.54) is 24.8 Å². The lowest BCUT2D eigenvalue weighted by molar-refractivity contribution is -0.117. The number of benzene rings is 1. The molecule has 1 aliphatic rings. The van der Waals surface area contributed by atoms with E-state index in [0.717, 1.165) is 24.1 Å². The summed E-state index contributed by atoms with van der Waals surface area (Å²) in [6, 6.07) is 12.8. The molecule has 5 nitrogen and oxygen atoms in total. The Morgan fingerprint density at radius 2 is 1.89 bits per heavy atom. The van der Waals surface area contributed by atoms with Crippen LogP contribution in [0.15, 0.2) is 30.3 Å². The van der Waals surface area contributed by atoms with Crippen LogP contribution >= 0.6 is 0 Å². The second kappa shape index (κ2) is 9.07. The number of nitriles is 1. The maximum absolute atomic E-state index is 12.8. The van der Waals surface area contributed by atoms with Crippen LogP contribution in [0, 0.1) is 25.2 Å². The van der Waals surface area contributed by atoms with Crippen molar-refractivity contribution in [2.75, 3.05) is 18.9 Å². The van der Waals surface area contributed by atoms with E-state index in [9.17, 15) is 10.1 Å².